The van der Waals surface area contributed by atoms with E-state index in [1.54, 1.807) is 20.8 Å². The average molecular weight is 104 g/mol. The van der Waals surface area contributed by atoms with Crippen molar-refractivity contribution in [1.82, 2.24) is 0 Å². The van der Waals surface area contributed by atoms with Gasteiger partial charge in [0.25, 0.3) is 0 Å². The smallest absolute Gasteiger partial charge is 0.156 e. The monoisotopic (exact) mass is 104 g/mol. The lowest BCUT2D eigenvalue weighted by atomic mass is 9.96. The van der Waals surface area contributed by atoms with Gasteiger partial charge in [-0.3, -0.25) is 0 Å². The molecule has 0 aromatic carbocycles. The van der Waals surface area contributed by atoms with Crippen molar-refractivity contribution in [2.75, 3.05) is 0 Å². The average Bonchev–Trinajstić information content (AvgIpc) is 1.31. The van der Waals surface area contributed by atoms with Crippen LogP contribution in [0.5, 0.6) is 0 Å². The Morgan fingerprint density at radius 2 is 1.29 bits per heavy atom. The Hall–Kier alpha value is -0.0800. The zero-order chi connectivity index (χ0) is 6.08. The molecule has 0 saturated carbocycles. The third-order valence-corrected chi connectivity index (χ3v) is 0.775. The molecular weight excluding hydrogens is 92.1 g/mol. The molecule has 0 amide bonds. The molecule has 2 N–H and O–H groups in total. The van der Waals surface area contributed by atoms with E-state index in [2.05, 4.69) is 0 Å². The summed E-state index contributed by atoms with van der Waals surface area (Å²) in [5.41, 5.74) is -0.389. The lowest BCUT2D eigenvalue weighted by Crippen LogP contribution is -2.24. The Balaban J connectivity index is 3.54. The maximum absolute atomic E-state index is 8.44. The van der Waals surface area contributed by atoms with Crippen molar-refractivity contribution in [3.8, 4) is 0 Å². The zero-order valence-corrected chi connectivity index (χ0v) is 4.97. The molecule has 0 bridgehead atoms. The van der Waals surface area contributed by atoms with Gasteiger partial charge in [-0.05, 0) is 0 Å². The fourth-order valence-corrected chi connectivity index (χ4v) is 0. The molecule has 0 fully saturated rings. The second-order valence-corrected chi connectivity index (χ2v) is 2.74. The van der Waals surface area contributed by atoms with Crippen LogP contribution >= 0.6 is 0 Å². The highest BCUT2D eigenvalue weighted by molar-refractivity contribution is 4.61. The Bertz CT molecular complexity index is 51.6. The maximum Gasteiger partial charge on any atom is 0.156 e. The molecule has 0 radical (unpaired) electrons. The Kier molecular flexibility index (Phi) is 1.78. The summed E-state index contributed by atoms with van der Waals surface area (Å²) < 4.78 is 0. The first-order chi connectivity index (χ1) is 2.94. The quantitative estimate of drug-likeness (QED) is 0.435. The van der Waals surface area contributed by atoms with Gasteiger partial charge in [0.2, 0.25) is 0 Å². The Morgan fingerprint density at radius 1 is 1.14 bits per heavy atom. The van der Waals surface area contributed by atoms with Crippen molar-refractivity contribution in [2.24, 2.45) is 5.41 Å². The van der Waals surface area contributed by atoms with Gasteiger partial charge < -0.3 is 10.2 Å². The number of aliphatic hydroxyl groups is 2. The van der Waals surface area contributed by atoms with Crippen LogP contribution in [0.15, 0.2) is 0 Å². The van der Waals surface area contributed by atoms with E-state index in [0.717, 1.165) is 0 Å². The van der Waals surface area contributed by atoms with Crippen molar-refractivity contribution in [3.63, 3.8) is 0 Å². The van der Waals surface area contributed by atoms with Crippen molar-refractivity contribution >= 4 is 0 Å². The van der Waals surface area contributed by atoms with Gasteiger partial charge in [0.15, 0.2) is 6.29 Å². The van der Waals surface area contributed by atoms with Gasteiger partial charge >= 0.3 is 0 Å². The van der Waals surface area contributed by atoms with Crippen molar-refractivity contribution in [3.05, 3.63) is 0 Å². The molecule has 2 heteroatoms. The zero-order valence-electron chi connectivity index (χ0n) is 4.97. The normalized spacial score (nSPS) is 12.9. The highest BCUT2D eigenvalue weighted by Crippen LogP contribution is 2.15. The molecule has 0 unspecified atom stereocenters. The third kappa shape index (κ3) is 2.60. The van der Waals surface area contributed by atoms with Crippen LogP contribution in [0.1, 0.15) is 20.8 Å². The summed E-state index contributed by atoms with van der Waals surface area (Å²) in [6.07, 6.45) is -1.20. The summed E-state index contributed by atoms with van der Waals surface area (Å²) in [5, 5.41) is 16.9. The van der Waals surface area contributed by atoms with E-state index in [1.165, 1.54) is 0 Å². The summed E-state index contributed by atoms with van der Waals surface area (Å²) in [6.45, 7) is 5.28. The lowest BCUT2D eigenvalue weighted by Gasteiger charge is -2.19. The van der Waals surface area contributed by atoms with Crippen LogP contribution in [0.2, 0.25) is 0 Å². The number of hydrogen-bond acceptors (Lipinski definition) is 2. The number of rotatable bonds is 0. The van der Waals surface area contributed by atoms with Crippen molar-refractivity contribution in [2.45, 2.75) is 27.1 Å². The molecule has 7 heavy (non-hydrogen) atoms. The van der Waals surface area contributed by atoms with Gasteiger partial charge in [-0.1, -0.05) is 20.8 Å². The minimum absolute atomic E-state index is 0.389. The van der Waals surface area contributed by atoms with Crippen LogP contribution in [0, 0.1) is 5.41 Å². The molecular formula is C5H12O2. The number of aliphatic hydroxyl groups excluding tert-OH is 1. The summed E-state index contributed by atoms with van der Waals surface area (Å²) >= 11 is 0. The highest BCUT2D eigenvalue weighted by Gasteiger charge is 2.18. The fraction of sp³-hybridized carbons (Fsp3) is 1.00. The summed E-state index contributed by atoms with van der Waals surface area (Å²) in [4.78, 5) is 0. The van der Waals surface area contributed by atoms with Gasteiger partial charge in [0.05, 0.1) is 0 Å². The first-order valence-electron chi connectivity index (χ1n) is 2.31. The SMILES string of the molecule is CC(C)(C)C(O)O. The van der Waals surface area contributed by atoms with Crippen LogP contribution in [-0.4, -0.2) is 16.5 Å². The van der Waals surface area contributed by atoms with Crippen LogP contribution < -0.4 is 0 Å². The van der Waals surface area contributed by atoms with E-state index >= 15 is 0 Å². The van der Waals surface area contributed by atoms with E-state index in [4.69, 9.17) is 10.2 Å². The predicted molar refractivity (Wildman–Crippen MR) is 27.7 cm³/mol. The van der Waals surface area contributed by atoms with E-state index in [0.29, 0.717) is 0 Å². The lowest BCUT2D eigenvalue weighted by molar-refractivity contribution is -0.113. The van der Waals surface area contributed by atoms with Crippen LogP contribution in [0.3, 0.4) is 0 Å². The van der Waals surface area contributed by atoms with E-state index < -0.39 is 6.29 Å². The van der Waals surface area contributed by atoms with Crippen LogP contribution in [0.25, 0.3) is 0 Å². The van der Waals surface area contributed by atoms with Gasteiger partial charge in [0.1, 0.15) is 0 Å². The molecule has 0 atom stereocenters. The molecule has 2 nitrogen and oxygen atoms in total. The van der Waals surface area contributed by atoms with Gasteiger partial charge in [-0.2, -0.15) is 0 Å². The first-order valence-corrected chi connectivity index (χ1v) is 2.31. The molecule has 0 rings (SSSR count). The van der Waals surface area contributed by atoms with E-state index in [9.17, 15) is 0 Å². The van der Waals surface area contributed by atoms with Gasteiger partial charge in [-0.25, -0.2) is 0 Å². The second kappa shape index (κ2) is 1.80. The standard InChI is InChI=1S/C5H12O2/c1-5(2,3)4(6)7/h4,6-7H,1-3H3. The third-order valence-electron chi connectivity index (χ3n) is 0.775. The van der Waals surface area contributed by atoms with Crippen molar-refractivity contribution < 1.29 is 10.2 Å². The molecule has 0 heterocycles. The molecule has 0 aliphatic carbocycles. The first kappa shape index (κ1) is 6.92. The minimum atomic E-state index is -1.20. The molecule has 0 aliphatic heterocycles. The summed E-state index contributed by atoms with van der Waals surface area (Å²) in [7, 11) is 0. The number of hydrogen-bond donors (Lipinski definition) is 2. The molecule has 0 aromatic rings. The van der Waals surface area contributed by atoms with E-state index in [1.807, 2.05) is 0 Å². The summed E-state index contributed by atoms with van der Waals surface area (Å²) in [5.74, 6) is 0. The van der Waals surface area contributed by atoms with Crippen LogP contribution in [-0.2, 0) is 0 Å². The topological polar surface area (TPSA) is 40.5 Å². The van der Waals surface area contributed by atoms with Gasteiger partial charge in [-0.15, -0.1) is 0 Å². The van der Waals surface area contributed by atoms with Gasteiger partial charge in [0, 0.05) is 5.41 Å². The maximum atomic E-state index is 8.44. The Morgan fingerprint density at radius 3 is 1.29 bits per heavy atom. The second-order valence-electron chi connectivity index (χ2n) is 2.74. The molecule has 0 aromatic heterocycles. The Labute approximate surface area is 43.8 Å². The highest BCUT2D eigenvalue weighted by atomic mass is 16.5. The predicted octanol–water partition coefficient (Wildman–Crippen LogP) is 0.343. The summed E-state index contributed by atoms with van der Waals surface area (Å²) in [6, 6.07) is 0. The molecule has 0 saturated heterocycles. The van der Waals surface area contributed by atoms with Crippen LogP contribution in [0.4, 0.5) is 0 Å². The fourth-order valence-electron chi connectivity index (χ4n) is 0. The molecule has 0 spiro atoms. The molecule has 44 valence electrons. The minimum Gasteiger partial charge on any atom is -0.368 e. The largest absolute Gasteiger partial charge is 0.368 e. The van der Waals surface area contributed by atoms with Crippen molar-refractivity contribution in [1.29, 1.82) is 0 Å². The van der Waals surface area contributed by atoms with E-state index in [-0.39, 0.29) is 5.41 Å². The molecule has 0 aliphatic rings.